The lowest BCUT2D eigenvalue weighted by molar-refractivity contribution is 0.0906. The van der Waals surface area contributed by atoms with E-state index in [2.05, 4.69) is 17.6 Å². The number of hydrogen-bond donors (Lipinski definition) is 1. The van der Waals surface area contributed by atoms with Gasteiger partial charge in [0.25, 0.3) is 0 Å². The van der Waals surface area contributed by atoms with Gasteiger partial charge >= 0.3 is 0 Å². The largest absolute Gasteiger partial charge is 0.397 e. The van der Waals surface area contributed by atoms with Gasteiger partial charge in [-0.05, 0) is 18.4 Å². The summed E-state index contributed by atoms with van der Waals surface area (Å²) >= 11 is 0. The number of nitrogen functional groups attached to an aromatic ring is 1. The van der Waals surface area contributed by atoms with Crippen molar-refractivity contribution in [1.82, 2.24) is 9.55 Å². The van der Waals surface area contributed by atoms with Crippen molar-refractivity contribution in [2.75, 3.05) is 5.73 Å². The van der Waals surface area contributed by atoms with Gasteiger partial charge in [-0.3, -0.25) is 4.79 Å². The summed E-state index contributed by atoms with van der Waals surface area (Å²) in [4.78, 5) is 17.5. The molecule has 1 aliphatic rings. The number of para-hydroxylation sites is 1. The fourth-order valence-corrected chi connectivity index (χ4v) is 3.82. The van der Waals surface area contributed by atoms with Crippen LogP contribution in [0, 0.1) is 5.92 Å². The second-order valence-corrected chi connectivity index (χ2v) is 6.46. The summed E-state index contributed by atoms with van der Waals surface area (Å²) in [6.45, 7) is 4.11. The molecule has 2 aromatic heterocycles. The van der Waals surface area contributed by atoms with Crippen molar-refractivity contribution < 1.29 is 4.79 Å². The number of Topliss-reactive ketones (excluding diaryl/α,β-unsaturated/α-hetero) is 1. The minimum Gasteiger partial charge on any atom is -0.397 e. The third-order valence-electron chi connectivity index (χ3n) is 4.97. The standard InChI is InChI=1S/C18H19N3O/c1-9-8-10(2)17(22)14-15(19)13-11-6-4-5-7-12(11)21(3)18(13)20-16(9)14/h4-7,9-10H,8H2,1-3H3,(H2,19,20). The van der Waals surface area contributed by atoms with Crippen molar-refractivity contribution in [1.29, 1.82) is 0 Å². The Hall–Kier alpha value is -2.36. The van der Waals surface area contributed by atoms with Gasteiger partial charge in [-0.1, -0.05) is 32.0 Å². The fourth-order valence-electron chi connectivity index (χ4n) is 3.82. The molecule has 0 saturated heterocycles. The second kappa shape index (κ2) is 4.32. The number of nitrogens with zero attached hydrogens (tertiary/aromatic N) is 2. The number of hydrogen-bond acceptors (Lipinski definition) is 3. The molecule has 0 amide bonds. The molecule has 4 rings (SSSR count). The number of carbonyl (C=O) groups excluding carboxylic acids is 1. The van der Waals surface area contributed by atoms with Gasteiger partial charge in [-0.25, -0.2) is 4.98 Å². The van der Waals surface area contributed by atoms with Gasteiger partial charge in [-0.2, -0.15) is 0 Å². The third-order valence-corrected chi connectivity index (χ3v) is 4.97. The molecule has 0 radical (unpaired) electrons. The highest BCUT2D eigenvalue weighted by Gasteiger charge is 2.33. The zero-order chi connectivity index (χ0) is 15.6. The lowest BCUT2D eigenvalue weighted by Crippen LogP contribution is -2.25. The molecule has 0 bridgehead atoms. The SMILES string of the molecule is CC1CC(C)c2nc3c(c(N)c2C1=O)c1ccccc1n3C. The van der Waals surface area contributed by atoms with Crippen LogP contribution >= 0.6 is 0 Å². The number of pyridine rings is 1. The molecule has 0 spiro atoms. The Morgan fingerprint density at radius 1 is 1.23 bits per heavy atom. The van der Waals surface area contributed by atoms with E-state index in [-0.39, 0.29) is 17.6 Å². The molecule has 22 heavy (non-hydrogen) atoms. The highest BCUT2D eigenvalue weighted by Crippen LogP contribution is 2.41. The number of aryl methyl sites for hydroxylation is 1. The molecule has 2 unspecified atom stereocenters. The first kappa shape index (κ1) is 13.3. The topological polar surface area (TPSA) is 60.9 Å². The van der Waals surface area contributed by atoms with E-state index in [9.17, 15) is 4.79 Å². The molecule has 2 atom stereocenters. The summed E-state index contributed by atoms with van der Waals surface area (Å²) in [5.41, 5.74) is 10.5. The average Bonchev–Trinajstić information content (AvgIpc) is 2.79. The first-order valence-corrected chi connectivity index (χ1v) is 7.71. The molecule has 2 heterocycles. The van der Waals surface area contributed by atoms with Gasteiger partial charge in [0.15, 0.2) is 5.78 Å². The first-order chi connectivity index (χ1) is 10.5. The van der Waals surface area contributed by atoms with Gasteiger partial charge in [0, 0.05) is 18.4 Å². The molecular weight excluding hydrogens is 274 g/mol. The molecule has 0 saturated carbocycles. The molecule has 3 aromatic rings. The van der Waals surface area contributed by atoms with Gasteiger partial charge < -0.3 is 10.3 Å². The molecule has 4 heteroatoms. The number of aromatic nitrogens is 2. The second-order valence-electron chi connectivity index (χ2n) is 6.46. The Balaban J connectivity index is 2.21. The summed E-state index contributed by atoms with van der Waals surface area (Å²) in [6.07, 6.45) is 0.841. The average molecular weight is 293 g/mol. The summed E-state index contributed by atoms with van der Waals surface area (Å²) in [7, 11) is 2.00. The van der Waals surface area contributed by atoms with E-state index in [1.54, 1.807) is 0 Å². The van der Waals surface area contributed by atoms with E-state index >= 15 is 0 Å². The van der Waals surface area contributed by atoms with E-state index in [1.807, 2.05) is 32.2 Å². The van der Waals surface area contributed by atoms with Crippen LogP contribution in [-0.2, 0) is 7.05 Å². The molecular formula is C18H19N3O. The molecule has 112 valence electrons. The number of rotatable bonds is 0. The zero-order valence-corrected chi connectivity index (χ0v) is 13.1. The van der Waals surface area contributed by atoms with E-state index in [0.29, 0.717) is 11.3 Å². The van der Waals surface area contributed by atoms with Crippen LogP contribution in [0.4, 0.5) is 5.69 Å². The lowest BCUT2D eigenvalue weighted by Gasteiger charge is -2.26. The molecule has 0 fully saturated rings. The monoisotopic (exact) mass is 293 g/mol. The number of benzene rings is 1. The zero-order valence-electron chi connectivity index (χ0n) is 13.1. The number of ketones is 1. The maximum atomic E-state index is 12.6. The minimum absolute atomic E-state index is 0.0130. The minimum atomic E-state index is 0.0130. The van der Waals surface area contributed by atoms with Crippen molar-refractivity contribution in [3.8, 4) is 0 Å². The van der Waals surface area contributed by atoms with Crippen molar-refractivity contribution in [2.24, 2.45) is 13.0 Å². The quantitative estimate of drug-likeness (QED) is 0.688. The summed E-state index contributed by atoms with van der Waals surface area (Å²) in [6, 6.07) is 8.10. The highest BCUT2D eigenvalue weighted by atomic mass is 16.1. The maximum Gasteiger partial charge on any atom is 0.169 e. The van der Waals surface area contributed by atoms with E-state index < -0.39 is 0 Å². The molecule has 0 aliphatic heterocycles. The Labute approximate surface area is 128 Å². The van der Waals surface area contributed by atoms with E-state index in [4.69, 9.17) is 10.7 Å². The summed E-state index contributed by atoms with van der Waals surface area (Å²) in [5.74, 6) is 0.402. The maximum absolute atomic E-state index is 12.6. The van der Waals surface area contributed by atoms with Gasteiger partial charge in [-0.15, -0.1) is 0 Å². The van der Waals surface area contributed by atoms with Crippen molar-refractivity contribution >= 4 is 33.4 Å². The number of anilines is 1. The van der Waals surface area contributed by atoms with Crippen molar-refractivity contribution in [2.45, 2.75) is 26.2 Å². The Kier molecular flexibility index (Phi) is 2.61. The number of carbonyl (C=O) groups is 1. The van der Waals surface area contributed by atoms with E-state index in [0.717, 1.165) is 34.1 Å². The fraction of sp³-hybridized carbons (Fsp3) is 0.333. The highest BCUT2D eigenvalue weighted by molar-refractivity contribution is 6.18. The van der Waals surface area contributed by atoms with Crippen molar-refractivity contribution in [3.05, 3.63) is 35.5 Å². The number of fused-ring (bicyclic) bond motifs is 4. The summed E-state index contributed by atoms with van der Waals surface area (Å²) < 4.78 is 2.07. The van der Waals surface area contributed by atoms with Gasteiger partial charge in [0.1, 0.15) is 5.65 Å². The van der Waals surface area contributed by atoms with Gasteiger partial charge in [0.05, 0.1) is 27.8 Å². The van der Waals surface area contributed by atoms with Crippen LogP contribution < -0.4 is 5.73 Å². The molecule has 4 nitrogen and oxygen atoms in total. The van der Waals surface area contributed by atoms with Crippen molar-refractivity contribution in [3.63, 3.8) is 0 Å². The molecule has 2 N–H and O–H groups in total. The summed E-state index contributed by atoms with van der Waals surface area (Å²) in [5, 5.41) is 1.97. The van der Waals surface area contributed by atoms with Crippen LogP contribution in [0.15, 0.2) is 24.3 Å². The van der Waals surface area contributed by atoms with Crippen LogP contribution in [0.25, 0.3) is 21.9 Å². The van der Waals surface area contributed by atoms with Crippen LogP contribution in [0.5, 0.6) is 0 Å². The predicted octanol–water partition coefficient (Wildman–Crippen LogP) is 3.63. The van der Waals surface area contributed by atoms with Crippen LogP contribution in [0.3, 0.4) is 0 Å². The molecule has 1 aromatic carbocycles. The number of nitrogens with two attached hydrogens (primary N) is 1. The molecule has 1 aliphatic carbocycles. The predicted molar refractivity (Wildman–Crippen MR) is 89.2 cm³/mol. The van der Waals surface area contributed by atoms with Gasteiger partial charge in [0.2, 0.25) is 0 Å². The lowest BCUT2D eigenvalue weighted by atomic mass is 9.79. The third kappa shape index (κ3) is 1.52. The Bertz CT molecular complexity index is 939. The van der Waals surface area contributed by atoms with Crippen LogP contribution in [0.1, 0.15) is 42.2 Å². The Morgan fingerprint density at radius 2 is 1.95 bits per heavy atom. The van der Waals surface area contributed by atoms with E-state index in [1.165, 1.54) is 0 Å². The smallest absolute Gasteiger partial charge is 0.169 e. The van der Waals surface area contributed by atoms with Crippen LogP contribution in [-0.4, -0.2) is 15.3 Å². The normalized spacial score (nSPS) is 21.5. The first-order valence-electron chi connectivity index (χ1n) is 7.71. The van der Waals surface area contributed by atoms with Crippen LogP contribution in [0.2, 0.25) is 0 Å². The Morgan fingerprint density at radius 3 is 2.73 bits per heavy atom.